The summed E-state index contributed by atoms with van der Waals surface area (Å²) >= 11 is 0. The first-order valence-corrected chi connectivity index (χ1v) is 9.06. The van der Waals surface area contributed by atoms with E-state index < -0.39 is 0 Å². The molecule has 3 heterocycles. The van der Waals surface area contributed by atoms with E-state index >= 15 is 0 Å². The van der Waals surface area contributed by atoms with Crippen LogP contribution in [0.15, 0.2) is 10.6 Å². The Morgan fingerprint density at radius 2 is 1.68 bits per heavy atom. The number of aromatic nitrogens is 1. The number of anilines is 1. The molecule has 8 nitrogen and oxygen atoms in total. The highest BCUT2D eigenvalue weighted by molar-refractivity contribution is 5.91. The summed E-state index contributed by atoms with van der Waals surface area (Å²) in [5.41, 5.74) is 0. The Kier molecular flexibility index (Phi) is 6.04. The van der Waals surface area contributed by atoms with Crippen LogP contribution in [0, 0.1) is 6.92 Å². The summed E-state index contributed by atoms with van der Waals surface area (Å²) < 4.78 is 4.94. The van der Waals surface area contributed by atoms with E-state index in [0.29, 0.717) is 24.7 Å². The molecule has 2 amide bonds. The number of amides is 2. The third-order valence-electron chi connectivity index (χ3n) is 4.80. The second-order valence-corrected chi connectivity index (χ2v) is 6.86. The summed E-state index contributed by atoms with van der Waals surface area (Å²) in [6.45, 7) is 7.63. The normalized spacial score (nSPS) is 19.8. The van der Waals surface area contributed by atoms with Crippen LogP contribution in [0.25, 0.3) is 0 Å². The van der Waals surface area contributed by atoms with E-state index in [1.165, 1.54) is 6.42 Å². The monoisotopic (exact) mass is 349 g/mol. The van der Waals surface area contributed by atoms with Crippen LogP contribution in [0.2, 0.25) is 0 Å². The molecule has 8 heteroatoms. The topological polar surface area (TPSA) is 81.9 Å². The van der Waals surface area contributed by atoms with Crippen molar-refractivity contribution in [3.05, 3.63) is 11.8 Å². The number of carbonyl (C=O) groups is 2. The van der Waals surface area contributed by atoms with Crippen molar-refractivity contribution in [1.29, 1.82) is 0 Å². The van der Waals surface area contributed by atoms with Crippen molar-refractivity contribution in [2.45, 2.75) is 26.2 Å². The van der Waals surface area contributed by atoms with Gasteiger partial charge in [0.05, 0.1) is 13.1 Å². The molecule has 138 valence electrons. The van der Waals surface area contributed by atoms with Crippen molar-refractivity contribution in [1.82, 2.24) is 19.9 Å². The van der Waals surface area contributed by atoms with E-state index in [-0.39, 0.29) is 11.8 Å². The average molecular weight is 349 g/mol. The number of piperazine rings is 1. The Bertz CT molecular complexity index is 589. The standard InChI is InChI=1S/C17H27N5O3/c1-14-11-15(19-25-14)18-16(23)12-20-7-9-21(10-8-20)13-17(24)22-5-3-2-4-6-22/h11H,2-10,12-13H2,1H3,(H,18,19,23). The number of nitrogens with one attached hydrogen (secondary N) is 1. The molecule has 1 aromatic rings. The van der Waals surface area contributed by atoms with Gasteiger partial charge in [0.1, 0.15) is 5.76 Å². The summed E-state index contributed by atoms with van der Waals surface area (Å²) in [5.74, 6) is 1.27. The van der Waals surface area contributed by atoms with E-state index in [4.69, 9.17) is 4.52 Å². The maximum Gasteiger partial charge on any atom is 0.239 e. The van der Waals surface area contributed by atoms with Crippen LogP contribution in [0.5, 0.6) is 0 Å². The van der Waals surface area contributed by atoms with Gasteiger partial charge < -0.3 is 14.7 Å². The smallest absolute Gasteiger partial charge is 0.239 e. The van der Waals surface area contributed by atoms with Crippen LogP contribution in [0.3, 0.4) is 0 Å². The molecule has 0 radical (unpaired) electrons. The number of piperidine rings is 1. The van der Waals surface area contributed by atoms with Crippen molar-refractivity contribution in [3.63, 3.8) is 0 Å². The second kappa shape index (κ2) is 8.44. The zero-order chi connectivity index (χ0) is 17.6. The Labute approximate surface area is 148 Å². The summed E-state index contributed by atoms with van der Waals surface area (Å²) in [6, 6.07) is 1.70. The molecule has 2 aliphatic rings. The fourth-order valence-corrected chi connectivity index (χ4v) is 3.35. The lowest BCUT2D eigenvalue weighted by molar-refractivity contribution is -0.134. The molecule has 1 N–H and O–H groups in total. The van der Waals surface area contributed by atoms with Gasteiger partial charge in [-0.15, -0.1) is 0 Å². The number of nitrogens with zero attached hydrogens (tertiary/aromatic N) is 4. The summed E-state index contributed by atoms with van der Waals surface area (Å²) in [7, 11) is 0. The first-order valence-electron chi connectivity index (χ1n) is 9.06. The molecule has 3 rings (SSSR count). The fourth-order valence-electron chi connectivity index (χ4n) is 3.35. The van der Waals surface area contributed by atoms with Crippen LogP contribution in [0.1, 0.15) is 25.0 Å². The van der Waals surface area contributed by atoms with Crippen molar-refractivity contribution >= 4 is 17.6 Å². The van der Waals surface area contributed by atoms with Gasteiger partial charge in [0, 0.05) is 45.3 Å². The van der Waals surface area contributed by atoms with E-state index in [9.17, 15) is 9.59 Å². The summed E-state index contributed by atoms with van der Waals surface area (Å²) in [5, 5.41) is 6.50. The lowest BCUT2D eigenvalue weighted by Crippen LogP contribution is -2.51. The first kappa shape index (κ1) is 17.9. The Morgan fingerprint density at radius 3 is 2.28 bits per heavy atom. The molecular formula is C17H27N5O3. The number of likely N-dealkylation sites (tertiary alicyclic amines) is 1. The van der Waals surface area contributed by atoms with Crippen LogP contribution >= 0.6 is 0 Å². The predicted octanol–water partition coefficient (Wildman–Crippen LogP) is 0.552. The molecule has 25 heavy (non-hydrogen) atoms. The van der Waals surface area contributed by atoms with Crippen LogP contribution < -0.4 is 5.32 Å². The molecule has 0 aromatic carbocycles. The molecule has 0 spiro atoms. The molecule has 0 aliphatic carbocycles. The van der Waals surface area contributed by atoms with Gasteiger partial charge >= 0.3 is 0 Å². The lowest BCUT2D eigenvalue weighted by Gasteiger charge is -2.35. The van der Waals surface area contributed by atoms with Crippen molar-refractivity contribution in [2.75, 3.05) is 57.7 Å². The highest BCUT2D eigenvalue weighted by Gasteiger charge is 2.23. The van der Waals surface area contributed by atoms with Crippen LogP contribution in [0.4, 0.5) is 5.82 Å². The zero-order valence-corrected chi connectivity index (χ0v) is 14.9. The quantitative estimate of drug-likeness (QED) is 0.836. The number of hydrogen-bond donors (Lipinski definition) is 1. The Hall–Kier alpha value is -1.93. The lowest BCUT2D eigenvalue weighted by atomic mass is 10.1. The van der Waals surface area contributed by atoms with Gasteiger partial charge in [0.25, 0.3) is 0 Å². The summed E-state index contributed by atoms with van der Waals surface area (Å²) in [6.07, 6.45) is 3.48. The first-order chi connectivity index (χ1) is 12.1. The third kappa shape index (κ3) is 5.27. The number of carbonyl (C=O) groups excluding carboxylic acids is 2. The Morgan fingerprint density at radius 1 is 1.04 bits per heavy atom. The van der Waals surface area contributed by atoms with Gasteiger partial charge in [-0.25, -0.2) is 0 Å². The molecular weight excluding hydrogens is 322 g/mol. The SMILES string of the molecule is Cc1cc(NC(=O)CN2CCN(CC(=O)N3CCCCC3)CC2)no1. The van der Waals surface area contributed by atoms with E-state index in [1.807, 2.05) is 4.90 Å². The molecule has 2 saturated heterocycles. The molecule has 0 unspecified atom stereocenters. The van der Waals surface area contributed by atoms with Crippen LogP contribution in [-0.2, 0) is 9.59 Å². The minimum Gasteiger partial charge on any atom is -0.360 e. The highest BCUT2D eigenvalue weighted by Crippen LogP contribution is 2.11. The fraction of sp³-hybridized carbons (Fsp3) is 0.706. The molecule has 0 atom stereocenters. The van der Waals surface area contributed by atoms with Gasteiger partial charge in [0.15, 0.2) is 5.82 Å². The van der Waals surface area contributed by atoms with Gasteiger partial charge in [-0.3, -0.25) is 19.4 Å². The van der Waals surface area contributed by atoms with Gasteiger partial charge in [-0.05, 0) is 26.2 Å². The maximum absolute atomic E-state index is 12.3. The minimum atomic E-state index is -0.0915. The Balaban J connectivity index is 1.36. The summed E-state index contributed by atoms with van der Waals surface area (Å²) in [4.78, 5) is 30.6. The van der Waals surface area contributed by atoms with Crippen molar-refractivity contribution in [2.24, 2.45) is 0 Å². The third-order valence-corrected chi connectivity index (χ3v) is 4.80. The van der Waals surface area contributed by atoms with Gasteiger partial charge in [-0.1, -0.05) is 5.16 Å². The molecule has 0 bridgehead atoms. The van der Waals surface area contributed by atoms with Crippen LogP contribution in [-0.4, -0.2) is 84.0 Å². The van der Waals surface area contributed by atoms with E-state index in [1.54, 1.807) is 13.0 Å². The van der Waals surface area contributed by atoms with Crippen molar-refractivity contribution in [3.8, 4) is 0 Å². The number of rotatable bonds is 5. The number of hydrogen-bond acceptors (Lipinski definition) is 6. The van der Waals surface area contributed by atoms with Crippen molar-refractivity contribution < 1.29 is 14.1 Å². The van der Waals surface area contributed by atoms with E-state index in [0.717, 1.165) is 52.1 Å². The maximum atomic E-state index is 12.3. The average Bonchev–Trinajstić information content (AvgIpc) is 3.02. The minimum absolute atomic E-state index is 0.0915. The molecule has 2 fully saturated rings. The largest absolute Gasteiger partial charge is 0.360 e. The highest BCUT2D eigenvalue weighted by atomic mass is 16.5. The number of aryl methyl sites for hydroxylation is 1. The van der Waals surface area contributed by atoms with Gasteiger partial charge in [0.2, 0.25) is 11.8 Å². The van der Waals surface area contributed by atoms with E-state index in [2.05, 4.69) is 20.3 Å². The molecule has 1 aromatic heterocycles. The molecule has 2 aliphatic heterocycles. The zero-order valence-electron chi connectivity index (χ0n) is 14.9. The molecule has 0 saturated carbocycles. The predicted molar refractivity (Wildman–Crippen MR) is 93.2 cm³/mol. The second-order valence-electron chi connectivity index (χ2n) is 6.86. The van der Waals surface area contributed by atoms with Gasteiger partial charge in [-0.2, -0.15) is 0 Å².